The largest absolute Gasteiger partial charge is 0.469 e. The van der Waals surface area contributed by atoms with Crippen LogP contribution in [0.2, 0.25) is 65.0 Å². The smallest absolute Gasteiger partial charge is 0.417 e. The Morgan fingerprint density at radius 2 is 1.07 bits per heavy atom. The van der Waals surface area contributed by atoms with Crippen LogP contribution in [0, 0.1) is 0 Å². The molecule has 0 aromatic heterocycles. The number of carbonyl (C=O) groups is 2. The summed E-state index contributed by atoms with van der Waals surface area (Å²) in [5.41, 5.74) is 0.974. The van der Waals surface area contributed by atoms with E-state index >= 15 is 0 Å². The second-order valence-corrected chi connectivity index (χ2v) is 27.7. The van der Waals surface area contributed by atoms with E-state index in [2.05, 4.69) is 58.9 Å². The van der Waals surface area contributed by atoms with E-state index in [-0.39, 0.29) is 11.8 Å². The first kappa shape index (κ1) is 25.4. The van der Waals surface area contributed by atoms with E-state index in [1.54, 1.807) is 24.3 Å². The Balaban J connectivity index is 2.21. The molecule has 1 aliphatic heterocycles. The van der Waals surface area contributed by atoms with Gasteiger partial charge in [0.2, 0.25) is 0 Å². The molecule has 10 heteroatoms. The fourth-order valence-electron chi connectivity index (χ4n) is 3.51. The van der Waals surface area contributed by atoms with Gasteiger partial charge in [-0.2, -0.15) is 0 Å². The van der Waals surface area contributed by atoms with E-state index in [1.165, 1.54) is 4.90 Å². The Morgan fingerprint density at radius 1 is 0.700 bits per heavy atom. The van der Waals surface area contributed by atoms with Crippen LogP contribution >= 0.6 is 0 Å². The summed E-state index contributed by atoms with van der Waals surface area (Å²) in [5.74, 6) is -0.433. The normalized spacial score (nSPS) is 15.7. The molecule has 1 aromatic rings. The van der Waals surface area contributed by atoms with Crippen LogP contribution in [-0.4, -0.2) is 57.0 Å². The molecule has 0 radical (unpaired) electrons. The minimum absolute atomic E-state index is 0.216. The SMILES string of the molecule is C[Si](C)(C)O[Si](CCCN1C(=O)c2ccccc2C1=O)(O[Si](C)(C)C)O[Si](C)(C)C. The molecule has 0 atom stereocenters. The lowest BCUT2D eigenvalue weighted by Crippen LogP contribution is -2.60. The summed E-state index contributed by atoms with van der Waals surface area (Å²) < 4.78 is 20.0. The fraction of sp³-hybridized carbons (Fsp3) is 0.600. The second kappa shape index (κ2) is 8.92. The number of amides is 2. The molecule has 0 bridgehead atoms. The van der Waals surface area contributed by atoms with Crippen LogP contribution in [-0.2, 0) is 12.3 Å². The molecular weight excluding hydrogens is 447 g/mol. The summed E-state index contributed by atoms with van der Waals surface area (Å²) in [5, 5.41) is 0. The average molecular weight is 484 g/mol. The topological polar surface area (TPSA) is 65.1 Å². The zero-order chi connectivity index (χ0) is 23.0. The summed E-state index contributed by atoms with van der Waals surface area (Å²) >= 11 is 0. The Morgan fingerprint density at radius 3 is 1.40 bits per heavy atom. The van der Waals surface area contributed by atoms with Gasteiger partial charge < -0.3 is 12.3 Å². The number of hydrogen-bond donors (Lipinski definition) is 0. The van der Waals surface area contributed by atoms with Crippen molar-refractivity contribution in [1.29, 1.82) is 0 Å². The van der Waals surface area contributed by atoms with Crippen molar-refractivity contribution in [3.63, 3.8) is 0 Å². The number of carbonyl (C=O) groups excluding carboxylic acids is 2. The molecule has 6 nitrogen and oxygen atoms in total. The van der Waals surface area contributed by atoms with Gasteiger partial charge in [-0.15, -0.1) is 0 Å². The first-order valence-corrected chi connectivity index (χ1v) is 22.7. The fourth-order valence-corrected chi connectivity index (χ4v) is 18.1. The number of hydrogen-bond acceptors (Lipinski definition) is 5. The van der Waals surface area contributed by atoms with Gasteiger partial charge >= 0.3 is 8.80 Å². The van der Waals surface area contributed by atoms with Crippen molar-refractivity contribution >= 4 is 45.6 Å². The first-order chi connectivity index (χ1) is 13.5. The van der Waals surface area contributed by atoms with Gasteiger partial charge in [0.25, 0.3) is 11.8 Å². The lowest BCUT2D eigenvalue weighted by molar-refractivity contribution is 0.0651. The maximum atomic E-state index is 12.7. The lowest BCUT2D eigenvalue weighted by atomic mass is 10.1. The maximum absolute atomic E-state index is 12.7. The van der Waals surface area contributed by atoms with Gasteiger partial charge in [0.15, 0.2) is 25.0 Å². The molecule has 0 unspecified atom stereocenters. The monoisotopic (exact) mass is 483 g/mol. The molecular formula is C20H37NO5Si4. The molecule has 2 amide bonds. The Kier molecular flexibility index (Phi) is 7.55. The van der Waals surface area contributed by atoms with Crippen LogP contribution in [0.5, 0.6) is 0 Å². The average Bonchev–Trinajstić information content (AvgIpc) is 2.75. The van der Waals surface area contributed by atoms with Crippen molar-refractivity contribution in [2.45, 2.75) is 71.4 Å². The van der Waals surface area contributed by atoms with Crippen molar-refractivity contribution in [3.8, 4) is 0 Å². The number of benzene rings is 1. The summed E-state index contributed by atoms with van der Waals surface area (Å²) in [6.45, 7) is 19.7. The number of nitrogens with zero attached hydrogens (tertiary/aromatic N) is 1. The molecule has 1 aliphatic rings. The minimum Gasteiger partial charge on any atom is -0.417 e. The van der Waals surface area contributed by atoms with Gasteiger partial charge in [-0.25, -0.2) is 0 Å². The van der Waals surface area contributed by atoms with Crippen LogP contribution in [0.3, 0.4) is 0 Å². The van der Waals surface area contributed by atoms with Crippen molar-refractivity contribution in [1.82, 2.24) is 4.90 Å². The third-order valence-electron chi connectivity index (χ3n) is 4.13. The van der Waals surface area contributed by atoms with Crippen molar-refractivity contribution in [2.75, 3.05) is 6.54 Å². The Labute approximate surface area is 185 Å². The van der Waals surface area contributed by atoms with E-state index in [0.717, 1.165) is 0 Å². The van der Waals surface area contributed by atoms with E-state index in [4.69, 9.17) is 12.3 Å². The van der Waals surface area contributed by atoms with E-state index in [9.17, 15) is 9.59 Å². The third-order valence-corrected chi connectivity index (χ3v) is 16.2. The predicted octanol–water partition coefficient (Wildman–Crippen LogP) is 5.17. The molecule has 1 heterocycles. The minimum atomic E-state index is -2.96. The predicted molar refractivity (Wildman–Crippen MR) is 130 cm³/mol. The van der Waals surface area contributed by atoms with Crippen LogP contribution in [0.4, 0.5) is 0 Å². The second-order valence-electron chi connectivity index (χ2n) is 10.7. The van der Waals surface area contributed by atoms with Crippen LogP contribution < -0.4 is 0 Å². The highest BCUT2D eigenvalue weighted by atomic mass is 28.5. The molecule has 0 N–H and O–H groups in total. The zero-order valence-electron chi connectivity index (χ0n) is 19.9. The summed E-state index contributed by atoms with van der Waals surface area (Å²) in [7, 11) is -8.79. The molecule has 168 valence electrons. The molecule has 0 saturated heterocycles. The van der Waals surface area contributed by atoms with Crippen molar-refractivity contribution < 1.29 is 21.9 Å². The van der Waals surface area contributed by atoms with Gasteiger partial charge in [-0.1, -0.05) is 12.1 Å². The summed E-state index contributed by atoms with van der Waals surface area (Å²) in [6.07, 6.45) is 0.608. The van der Waals surface area contributed by atoms with Gasteiger partial charge in [0.1, 0.15) is 0 Å². The molecule has 1 aromatic carbocycles. The third kappa shape index (κ3) is 7.07. The van der Waals surface area contributed by atoms with Crippen LogP contribution in [0.1, 0.15) is 27.1 Å². The standard InChI is InChI=1S/C20H37NO5Si4/c1-27(2,3)24-30(25-28(4,5)6,26-29(7,8)9)16-12-15-21-19(22)17-13-10-11-14-18(17)20(21)23/h10-11,13-14H,12,15-16H2,1-9H3. The summed E-state index contributed by atoms with van der Waals surface area (Å²) in [4.78, 5) is 26.7. The van der Waals surface area contributed by atoms with Gasteiger partial charge in [-0.05, 0) is 77.5 Å². The first-order valence-electron chi connectivity index (χ1n) is 10.6. The van der Waals surface area contributed by atoms with Crippen LogP contribution in [0.15, 0.2) is 24.3 Å². The Bertz CT molecular complexity index is 720. The highest BCUT2D eigenvalue weighted by Crippen LogP contribution is 2.31. The molecule has 0 saturated carbocycles. The van der Waals surface area contributed by atoms with E-state index in [1.807, 2.05) is 0 Å². The van der Waals surface area contributed by atoms with Crippen LogP contribution in [0.25, 0.3) is 0 Å². The van der Waals surface area contributed by atoms with Gasteiger partial charge in [0, 0.05) is 12.6 Å². The number of imide groups is 1. The quantitative estimate of drug-likeness (QED) is 0.339. The summed E-state index contributed by atoms with van der Waals surface area (Å²) in [6, 6.07) is 7.62. The van der Waals surface area contributed by atoms with Gasteiger partial charge in [0.05, 0.1) is 11.1 Å². The Hall–Kier alpha value is -0.892. The molecule has 0 fully saturated rings. The molecule has 0 spiro atoms. The van der Waals surface area contributed by atoms with Crippen molar-refractivity contribution in [3.05, 3.63) is 35.4 Å². The van der Waals surface area contributed by atoms with Gasteiger partial charge in [-0.3, -0.25) is 14.5 Å². The maximum Gasteiger partial charge on any atom is 0.469 e. The molecule has 0 aliphatic carbocycles. The highest BCUT2D eigenvalue weighted by molar-refractivity contribution is 6.90. The molecule has 2 rings (SSSR count). The highest BCUT2D eigenvalue weighted by Gasteiger charge is 2.50. The lowest BCUT2D eigenvalue weighted by Gasteiger charge is -2.43. The number of rotatable bonds is 10. The van der Waals surface area contributed by atoms with E-state index < -0.39 is 33.8 Å². The van der Waals surface area contributed by atoms with E-state index in [0.29, 0.717) is 30.1 Å². The van der Waals surface area contributed by atoms with Crippen molar-refractivity contribution in [2.24, 2.45) is 0 Å². The number of fused-ring (bicyclic) bond motifs is 1. The molecule has 30 heavy (non-hydrogen) atoms. The zero-order valence-corrected chi connectivity index (χ0v) is 23.9.